The maximum atomic E-state index is 12.9. The molecule has 6 rings (SSSR count). The molecule has 11 nitrogen and oxygen atoms in total. The van der Waals surface area contributed by atoms with Gasteiger partial charge in [-0.15, -0.1) is 0 Å². The summed E-state index contributed by atoms with van der Waals surface area (Å²) in [7, 11) is 1.43. The fraction of sp³-hybridized carbons (Fsp3) is 0.500. The Bertz CT molecular complexity index is 1540. The average molecular weight is 684 g/mol. The van der Waals surface area contributed by atoms with Crippen LogP contribution in [-0.2, 0) is 20.9 Å². The van der Waals surface area contributed by atoms with E-state index in [9.17, 15) is 14.7 Å². The number of hydrogen-bond donors (Lipinski definition) is 1. The highest BCUT2D eigenvalue weighted by Gasteiger charge is 2.33. The molecule has 3 aromatic rings. The second kappa shape index (κ2) is 15.1. The van der Waals surface area contributed by atoms with Gasteiger partial charge in [-0.05, 0) is 80.9 Å². The van der Waals surface area contributed by atoms with Gasteiger partial charge in [0.15, 0.2) is 5.75 Å². The number of ether oxygens (including phenoxy) is 2. The van der Waals surface area contributed by atoms with Gasteiger partial charge in [0, 0.05) is 66.7 Å². The highest BCUT2D eigenvalue weighted by molar-refractivity contribution is 6.35. The van der Waals surface area contributed by atoms with E-state index in [1.165, 1.54) is 7.11 Å². The first kappa shape index (κ1) is 33.4. The Morgan fingerprint density at radius 2 is 1.62 bits per heavy atom. The maximum Gasteiger partial charge on any atom is 0.305 e. The van der Waals surface area contributed by atoms with E-state index in [4.69, 9.17) is 37.7 Å². The lowest BCUT2D eigenvalue weighted by atomic mass is 9.93. The van der Waals surface area contributed by atoms with Crippen molar-refractivity contribution >= 4 is 41.0 Å². The van der Waals surface area contributed by atoms with Crippen LogP contribution in [0.1, 0.15) is 44.1 Å². The highest BCUT2D eigenvalue weighted by Crippen LogP contribution is 2.32. The van der Waals surface area contributed by atoms with Gasteiger partial charge in [-0.1, -0.05) is 23.2 Å². The van der Waals surface area contributed by atoms with Crippen LogP contribution in [-0.4, -0.2) is 94.2 Å². The molecule has 0 spiro atoms. The number of rotatable bonds is 9. The van der Waals surface area contributed by atoms with Crippen LogP contribution in [0.2, 0.25) is 10.0 Å². The van der Waals surface area contributed by atoms with Gasteiger partial charge in [0.25, 0.3) is 0 Å². The molecule has 1 amide bonds. The lowest BCUT2D eigenvalue weighted by molar-refractivity contribution is -0.142. The number of halogens is 2. The van der Waals surface area contributed by atoms with Gasteiger partial charge in [-0.2, -0.15) is 0 Å². The number of aliphatic hydroxyl groups excluding tert-OH is 1. The number of carbonyl (C=O) groups excluding carboxylic acids is 2. The molecule has 250 valence electrons. The van der Waals surface area contributed by atoms with Gasteiger partial charge in [-0.3, -0.25) is 14.5 Å². The van der Waals surface area contributed by atoms with E-state index in [2.05, 4.69) is 19.8 Å². The minimum atomic E-state index is -0.359. The number of methoxy groups -OCH3 is 1. The molecule has 1 N–H and O–H groups in total. The third-order valence-corrected chi connectivity index (χ3v) is 9.72. The monoisotopic (exact) mass is 682 g/mol. The Kier molecular flexibility index (Phi) is 10.8. The molecule has 1 aliphatic carbocycles. The number of piperidine rings is 1. The predicted octanol–water partition coefficient (Wildman–Crippen LogP) is 5.22. The molecule has 1 saturated carbocycles. The summed E-state index contributed by atoms with van der Waals surface area (Å²) in [5, 5.41) is 10.9. The van der Waals surface area contributed by atoms with Gasteiger partial charge in [0.1, 0.15) is 0 Å². The smallest absolute Gasteiger partial charge is 0.305 e. The number of aromatic nitrogens is 3. The number of likely N-dealkylation sites (tertiary alicyclic amines) is 1. The molecule has 3 aliphatic rings. The molecule has 0 radical (unpaired) electrons. The maximum absolute atomic E-state index is 12.9. The topological polar surface area (TPSA) is 121 Å². The number of hydrogen-bond acceptors (Lipinski definition) is 10. The fourth-order valence-corrected chi connectivity index (χ4v) is 7.22. The Morgan fingerprint density at radius 3 is 2.26 bits per heavy atom. The number of piperazine rings is 1. The highest BCUT2D eigenvalue weighted by atomic mass is 35.5. The van der Waals surface area contributed by atoms with Crippen molar-refractivity contribution in [1.82, 2.24) is 24.8 Å². The lowest BCUT2D eigenvalue weighted by Gasteiger charge is -2.35. The van der Waals surface area contributed by atoms with Crippen LogP contribution in [0, 0.1) is 11.8 Å². The van der Waals surface area contributed by atoms with Crippen LogP contribution in [0.3, 0.4) is 0 Å². The largest absolute Gasteiger partial charge is 0.469 e. The van der Waals surface area contributed by atoms with Gasteiger partial charge in [-0.25, -0.2) is 15.0 Å². The molecule has 2 aromatic heterocycles. The van der Waals surface area contributed by atoms with Crippen molar-refractivity contribution in [3.63, 3.8) is 0 Å². The first-order valence-electron chi connectivity index (χ1n) is 16.2. The number of anilines is 1. The second-order valence-electron chi connectivity index (χ2n) is 12.7. The molecular formula is C34H40Cl2N6O5. The molecule has 2 unspecified atom stereocenters. The SMILES string of the molecule is COC(=O)CC1CCN(Cc2cc(Oc3cnc(N4CCN(C(=O)C5CCC(O)C5)CC4)nc3)nc(-c3cc(Cl)cc(Cl)c3)c2)CC1. The molecule has 3 fully saturated rings. The summed E-state index contributed by atoms with van der Waals surface area (Å²) in [4.78, 5) is 44.8. The quantitative estimate of drug-likeness (QED) is 0.301. The minimum absolute atomic E-state index is 0.0713. The van der Waals surface area contributed by atoms with Gasteiger partial charge < -0.3 is 24.4 Å². The zero-order valence-electron chi connectivity index (χ0n) is 26.5. The Hall–Kier alpha value is -3.51. The van der Waals surface area contributed by atoms with E-state index in [-0.39, 0.29) is 23.9 Å². The number of pyridine rings is 1. The van der Waals surface area contributed by atoms with Crippen LogP contribution < -0.4 is 9.64 Å². The van der Waals surface area contributed by atoms with Crippen molar-refractivity contribution in [3.8, 4) is 22.9 Å². The number of carbonyl (C=O) groups is 2. The summed E-state index contributed by atoms with van der Waals surface area (Å²) >= 11 is 12.7. The van der Waals surface area contributed by atoms with E-state index < -0.39 is 0 Å². The van der Waals surface area contributed by atoms with E-state index in [1.54, 1.807) is 18.5 Å². The van der Waals surface area contributed by atoms with Crippen LogP contribution in [0.25, 0.3) is 11.3 Å². The Labute approximate surface area is 284 Å². The van der Waals surface area contributed by atoms with Crippen molar-refractivity contribution in [2.75, 3.05) is 51.3 Å². The summed E-state index contributed by atoms with van der Waals surface area (Å²) in [5.74, 6) is 1.67. The Balaban J connectivity index is 1.12. The van der Waals surface area contributed by atoms with E-state index >= 15 is 0 Å². The van der Waals surface area contributed by atoms with Crippen LogP contribution in [0.15, 0.2) is 42.7 Å². The summed E-state index contributed by atoms with van der Waals surface area (Å²) in [6.07, 6.45) is 7.25. The third-order valence-electron chi connectivity index (χ3n) is 9.28. The number of esters is 1. The molecule has 0 bridgehead atoms. The standard InChI is InChI=1S/C34H40Cl2N6O5/c1-46-32(44)14-22-4-6-40(7-5-22)21-23-12-30(25-15-26(35)18-27(36)16-25)39-31(13-23)47-29-19-37-34(38-20-29)42-10-8-41(9-11-42)33(45)24-2-3-28(43)17-24/h12-13,15-16,18-20,22,24,28,43H,2-11,14,17,21H2,1H3. The molecule has 4 heterocycles. The summed E-state index contributed by atoms with van der Waals surface area (Å²) in [6.45, 7) is 4.91. The summed E-state index contributed by atoms with van der Waals surface area (Å²) in [6, 6.07) is 9.27. The van der Waals surface area contributed by atoms with E-state index in [1.807, 2.05) is 29.2 Å². The number of benzene rings is 1. The van der Waals surface area contributed by atoms with Gasteiger partial charge >= 0.3 is 5.97 Å². The minimum Gasteiger partial charge on any atom is -0.469 e. The molecule has 1 aromatic carbocycles. The summed E-state index contributed by atoms with van der Waals surface area (Å²) < 4.78 is 11.1. The van der Waals surface area contributed by atoms with Crippen molar-refractivity contribution in [2.24, 2.45) is 11.8 Å². The normalized spacial score (nSPS) is 20.8. The average Bonchev–Trinajstić information content (AvgIpc) is 3.51. The van der Waals surface area contributed by atoms with Gasteiger partial charge in [0.2, 0.25) is 17.7 Å². The number of aliphatic hydroxyl groups is 1. The van der Waals surface area contributed by atoms with E-state index in [0.717, 1.165) is 43.5 Å². The molecule has 13 heteroatoms. The predicted molar refractivity (Wildman–Crippen MR) is 179 cm³/mol. The zero-order valence-corrected chi connectivity index (χ0v) is 28.0. The third kappa shape index (κ3) is 8.70. The lowest BCUT2D eigenvalue weighted by Crippen LogP contribution is -2.50. The Morgan fingerprint density at radius 1 is 0.915 bits per heavy atom. The van der Waals surface area contributed by atoms with Crippen LogP contribution in [0.5, 0.6) is 11.6 Å². The van der Waals surface area contributed by atoms with Crippen molar-refractivity contribution in [2.45, 2.75) is 51.2 Å². The molecule has 47 heavy (non-hydrogen) atoms. The zero-order chi connectivity index (χ0) is 32.9. The number of nitrogens with zero attached hydrogens (tertiary/aromatic N) is 6. The van der Waals surface area contributed by atoms with Crippen LogP contribution >= 0.6 is 23.2 Å². The first-order chi connectivity index (χ1) is 22.7. The van der Waals surface area contributed by atoms with Crippen molar-refractivity contribution < 1.29 is 24.2 Å². The summed E-state index contributed by atoms with van der Waals surface area (Å²) in [5.41, 5.74) is 2.48. The fourth-order valence-electron chi connectivity index (χ4n) is 6.69. The molecule has 2 aliphatic heterocycles. The number of amides is 1. The molecule has 2 atom stereocenters. The van der Waals surface area contributed by atoms with Crippen LogP contribution in [0.4, 0.5) is 5.95 Å². The van der Waals surface area contributed by atoms with Crippen molar-refractivity contribution in [3.05, 3.63) is 58.3 Å². The molecule has 2 saturated heterocycles. The second-order valence-corrected chi connectivity index (χ2v) is 13.5. The van der Waals surface area contributed by atoms with E-state index in [0.29, 0.717) is 91.2 Å². The van der Waals surface area contributed by atoms with Gasteiger partial charge in [0.05, 0.1) is 31.3 Å². The molecular weight excluding hydrogens is 643 g/mol. The first-order valence-corrected chi connectivity index (χ1v) is 17.0. The van der Waals surface area contributed by atoms with Crippen molar-refractivity contribution in [1.29, 1.82) is 0 Å².